The molecule has 0 bridgehead atoms. The van der Waals surface area contributed by atoms with Crippen LogP contribution in [0.1, 0.15) is 29.9 Å². The number of halogens is 4. The lowest BCUT2D eigenvalue weighted by Crippen LogP contribution is -2.10. The Balaban J connectivity index is 2.43. The average molecular weight is 400 g/mol. The Bertz CT molecular complexity index is 702. The molecular weight excluding hydrogens is 392 g/mol. The highest BCUT2D eigenvalue weighted by atomic mass is 127. The molecule has 19 heavy (non-hydrogen) atoms. The van der Waals surface area contributed by atoms with Crippen LogP contribution in [0.4, 0.5) is 13.2 Å². The van der Waals surface area contributed by atoms with Gasteiger partial charge in [0.1, 0.15) is 5.52 Å². The number of nitrogens with zero attached hydrogens (tertiary/aromatic N) is 1. The Kier molecular flexibility index (Phi) is 3.12. The van der Waals surface area contributed by atoms with Crippen molar-refractivity contribution >= 4 is 41.2 Å². The molecule has 2 heterocycles. The van der Waals surface area contributed by atoms with Gasteiger partial charge in [0.15, 0.2) is 0 Å². The number of aromatic amines is 1. The zero-order valence-electron chi connectivity index (χ0n) is 9.42. The lowest BCUT2D eigenvalue weighted by molar-refractivity contribution is -0.136. The molecule has 1 aliphatic carbocycles. The Morgan fingerprint density at radius 3 is 2.63 bits per heavy atom. The first-order valence-corrected chi connectivity index (χ1v) is 8.88. The van der Waals surface area contributed by atoms with Crippen LogP contribution in [0.3, 0.4) is 0 Å². The molecule has 0 atom stereocenters. The van der Waals surface area contributed by atoms with Crippen LogP contribution in [-0.2, 0) is 6.18 Å². The van der Waals surface area contributed by atoms with Crippen molar-refractivity contribution in [3.8, 4) is 0 Å². The summed E-state index contributed by atoms with van der Waals surface area (Å²) in [5.41, 5.74) is -0.513. The fourth-order valence-electron chi connectivity index (χ4n) is 2.26. The maximum absolute atomic E-state index is 13.1. The van der Waals surface area contributed by atoms with Gasteiger partial charge in [0.2, 0.25) is 0 Å². The summed E-state index contributed by atoms with van der Waals surface area (Å²) in [6, 6.07) is 0. The molecule has 3 rings (SSSR count). The molecule has 2 aromatic rings. The maximum atomic E-state index is 13.1. The standard InChI is InChI=1S/C11H8F3IN2OS/c12-11(13,14)7-4-17(19-15)9-8(7)6(5-1-2-5)3-16-10(9)18/h3-5H,1-2H2,(H,16,18). The van der Waals surface area contributed by atoms with E-state index < -0.39 is 17.3 Å². The highest BCUT2D eigenvalue weighted by Crippen LogP contribution is 2.46. The van der Waals surface area contributed by atoms with E-state index in [9.17, 15) is 18.0 Å². The number of H-pyrrole nitrogens is 1. The van der Waals surface area contributed by atoms with Crippen molar-refractivity contribution in [1.82, 2.24) is 8.96 Å². The molecule has 1 aliphatic rings. The molecule has 0 spiro atoms. The number of fused-ring (bicyclic) bond motifs is 1. The number of hydrogen-bond donors (Lipinski definition) is 1. The largest absolute Gasteiger partial charge is 0.418 e. The molecule has 0 aliphatic heterocycles. The van der Waals surface area contributed by atoms with Gasteiger partial charge in [-0.05, 0) is 24.3 Å². The molecule has 1 saturated carbocycles. The number of rotatable bonds is 2. The van der Waals surface area contributed by atoms with Gasteiger partial charge < -0.3 is 4.98 Å². The Hall–Kier alpha value is -0.640. The molecule has 1 fully saturated rings. The molecule has 0 amide bonds. The number of aromatic nitrogens is 2. The first-order valence-electron chi connectivity index (χ1n) is 5.56. The van der Waals surface area contributed by atoms with Gasteiger partial charge in [-0.25, -0.2) is 0 Å². The summed E-state index contributed by atoms with van der Waals surface area (Å²) in [5.74, 6) is 0.135. The van der Waals surface area contributed by atoms with Crippen LogP contribution in [0.2, 0.25) is 0 Å². The van der Waals surface area contributed by atoms with Crippen LogP contribution < -0.4 is 5.56 Å². The normalized spacial score (nSPS) is 16.2. The van der Waals surface area contributed by atoms with E-state index >= 15 is 0 Å². The molecule has 8 heteroatoms. The lowest BCUT2D eigenvalue weighted by atomic mass is 10.1. The molecule has 0 saturated heterocycles. The minimum absolute atomic E-state index is 0.0583. The number of hydrogen-bond acceptors (Lipinski definition) is 2. The van der Waals surface area contributed by atoms with E-state index in [1.807, 2.05) is 21.2 Å². The highest BCUT2D eigenvalue weighted by molar-refractivity contribution is 14.2. The van der Waals surface area contributed by atoms with Gasteiger partial charge in [-0.3, -0.25) is 8.77 Å². The Morgan fingerprint density at radius 1 is 1.42 bits per heavy atom. The predicted octanol–water partition coefficient (Wildman–Crippen LogP) is 4.07. The number of pyridine rings is 1. The van der Waals surface area contributed by atoms with E-state index in [0.29, 0.717) is 5.56 Å². The summed E-state index contributed by atoms with van der Waals surface area (Å²) in [7, 11) is 1.06. The number of nitrogens with one attached hydrogen (secondary N) is 1. The third kappa shape index (κ3) is 2.18. The summed E-state index contributed by atoms with van der Waals surface area (Å²) < 4.78 is 40.7. The van der Waals surface area contributed by atoms with Gasteiger partial charge in [0.05, 0.1) is 5.56 Å². The monoisotopic (exact) mass is 400 g/mol. The van der Waals surface area contributed by atoms with Crippen molar-refractivity contribution in [1.29, 1.82) is 0 Å². The first kappa shape index (κ1) is 13.3. The average Bonchev–Trinajstić information content (AvgIpc) is 3.07. The van der Waals surface area contributed by atoms with Gasteiger partial charge in [0, 0.05) is 48.1 Å². The molecule has 3 nitrogen and oxygen atoms in total. The van der Waals surface area contributed by atoms with E-state index in [1.165, 1.54) is 10.2 Å². The lowest BCUT2D eigenvalue weighted by Gasteiger charge is -2.07. The van der Waals surface area contributed by atoms with Crippen molar-refractivity contribution in [2.24, 2.45) is 0 Å². The van der Waals surface area contributed by atoms with Crippen LogP contribution in [0.5, 0.6) is 0 Å². The predicted molar refractivity (Wildman–Crippen MR) is 76.5 cm³/mol. The smallest absolute Gasteiger partial charge is 0.327 e. The highest BCUT2D eigenvalue weighted by Gasteiger charge is 2.38. The van der Waals surface area contributed by atoms with Gasteiger partial charge in [-0.1, -0.05) is 0 Å². The van der Waals surface area contributed by atoms with E-state index in [1.54, 1.807) is 0 Å². The van der Waals surface area contributed by atoms with Crippen LogP contribution in [-0.4, -0.2) is 8.96 Å². The van der Waals surface area contributed by atoms with Crippen molar-refractivity contribution in [2.45, 2.75) is 24.9 Å². The molecule has 2 aromatic heterocycles. The van der Waals surface area contributed by atoms with Crippen LogP contribution in [0.25, 0.3) is 10.9 Å². The van der Waals surface area contributed by atoms with Crippen molar-refractivity contribution < 1.29 is 13.2 Å². The SMILES string of the molecule is O=c1[nH]cc(C2CC2)c2c(C(F)(F)F)cn(SI)c12. The summed E-state index contributed by atoms with van der Waals surface area (Å²) in [5, 5.41) is 0.0583. The molecular formula is C11H8F3IN2OS. The summed E-state index contributed by atoms with van der Waals surface area (Å²) >= 11 is 1.86. The second-order valence-corrected chi connectivity index (χ2v) is 6.22. The van der Waals surface area contributed by atoms with Crippen molar-refractivity contribution in [2.75, 3.05) is 0 Å². The zero-order chi connectivity index (χ0) is 13.8. The van der Waals surface area contributed by atoms with E-state index in [4.69, 9.17) is 0 Å². The topological polar surface area (TPSA) is 37.8 Å². The molecule has 102 valence electrons. The maximum Gasteiger partial charge on any atom is 0.418 e. The quantitative estimate of drug-likeness (QED) is 0.772. The minimum Gasteiger partial charge on any atom is -0.327 e. The summed E-state index contributed by atoms with van der Waals surface area (Å²) in [4.78, 5) is 14.4. The third-order valence-electron chi connectivity index (χ3n) is 3.23. The summed E-state index contributed by atoms with van der Waals surface area (Å²) in [6.07, 6.45) is -0.266. The second kappa shape index (κ2) is 4.44. The van der Waals surface area contributed by atoms with Crippen molar-refractivity contribution in [3.63, 3.8) is 0 Å². The molecule has 0 unspecified atom stereocenters. The Morgan fingerprint density at radius 2 is 2.11 bits per heavy atom. The Labute approximate surface area is 122 Å². The zero-order valence-corrected chi connectivity index (χ0v) is 12.4. The van der Waals surface area contributed by atoms with Gasteiger partial charge in [0.25, 0.3) is 5.56 Å². The van der Waals surface area contributed by atoms with Crippen LogP contribution >= 0.6 is 30.3 Å². The number of alkyl halides is 3. The first-order chi connectivity index (χ1) is 8.93. The van der Waals surface area contributed by atoms with Gasteiger partial charge in [-0.2, -0.15) is 13.2 Å². The second-order valence-electron chi connectivity index (χ2n) is 4.51. The fourth-order valence-corrected chi connectivity index (χ4v) is 3.58. The van der Waals surface area contributed by atoms with E-state index in [0.717, 1.165) is 28.2 Å². The summed E-state index contributed by atoms with van der Waals surface area (Å²) in [6.45, 7) is 0. The third-order valence-corrected chi connectivity index (χ3v) is 4.94. The van der Waals surface area contributed by atoms with E-state index in [-0.39, 0.29) is 16.8 Å². The van der Waals surface area contributed by atoms with Gasteiger partial charge in [-0.15, -0.1) is 0 Å². The fraction of sp³-hybridized carbons (Fsp3) is 0.364. The molecule has 0 aromatic carbocycles. The van der Waals surface area contributed by atoms with Crippen LogP contribution in [0.15, 0.2) is 17.2 Å². The molecule has 1 N–H and O–H groups in total. The minimum atomic E-state index is -4.45. The van der Waals surface area contributed by atoms with Crippen LogP contribution in [0, 0.1) is 0 Å². The van der Waals surface area contributed by atoms with Gasteiger partial charge >= 0.3 is 6.18 Å². The van der Waals surface area contributed by atoms with Crippen molar-refractivity contribution in [3.05, 3.63) is 33.9 Å². The molecule has 0 radical (unpaired) electrons. The van der Waals surface area contributed by atoms with E-state index in [2.05, 4.69) is 4.98 Å².